The molecule has 11 heteroatoms. The van der Waals surface area contributed by atoms with Crippen molar-refractivity contribution in [2.24, 2.45) is 7.05 Å². The molecule has 0 atom stereocenters. The van der Waals surface area contributed by atoms with Crippen molar-refractivity contribution >= 4 is 21.6 Å². The lowest BCUT2D eigenvalue weighted by Gasteiger charge is -2.17. The number of nitrogen functional groups attached to an aromatic ring is 1. The summed E-state index contributed by atoms with van der Waals surface area (Å²) < 4.78 is 66.1. The van der Waals surface area contributed by atoms with Crippen molar-refractivity contribution in [3.05, 3.63) is 22.6 Å². The van der Waals surface area contributed by atoms with Crippen LogP contribution >= 0.6 is 15.9 Å². The van der Waals surface area contributed by atoms with Gasteiger partial charge in [0.2, 0.25) is 0 Å². The van der Waals surface area contributed by atoms with Crippen LogP contribution in [0.5, 0.6) is 0 Å². The van der Waals surface area contributed by atoms with Gasteiger partial charge in [0.05, 0.1) is 10.7 Å². The fourth-order valence-electron chi connectivity index (χ4n) is 1.59. The minimum Gasteiger partial charge on any atom is -0.394 e. The summed E-state index contributed by atoms with van der Waals surface area (Å²) in [7, 11) is 1.19. The Morgan fingerprint density at radius 2 is 1.85 bits per heavy atom. The van der Waals surface area contributed by atoms with Crippen LogP contribution in [0.1, 0.15) is 5.69 Å². The Hall–Kier alpha value is -1.65. The molecule has 0 aromatic carbocycles. The Balaban J connectivity index is 2.61. The monoisotopic (exact) mass is 359 g/mol. The molecule has 0 radical (unpaired) electrons. The Morgan fingerprint density at radius 3 is 2.30 bits per heavy atom. The molecule has 5 nitrogen and oxygen atoms in total. The minimum atomic E-state index is -5.78. The van der Waals surface area contributed by atoms with E-state index in [-0.39, 0.29) is 5.82 Å². The molecule has 2 aromatic rings. The molecule has 0 unspecified atom stereocenters. The first-order valence-electron chi connectivity index (χ1n) is 5.03. The number of aryl methyl sites for hydroxylation is 1. The van der Waals surface area contributed by atoms with E-state index < -0.39 is 23.5 Å². The van der Waals surface area contributed by atoms with Gasteiger partial charge in [-0.3, -0.25) is 0 Å². The summed E-state index contributed by atoms with van der Waals surface area (Å²) in [6.45, 7) is 0. The van der Waals surface area contributed by atoms with Gasteiger partial charge in [0, 0.05) is 13.2 Å². The first kappa shape index (κ1) is 14.8. The number of nitrogens with two attached hydrogens (primary N) is 1. The zero-order valence-electron chi connectivity index (χ0n) is 9.79. The molecule has 0 amide bonds. The lowest BCUT2D eigenvalue weighted by atomic mass is 10.2. The number of nitrogens with zero attached hydrogens (tertiary/aromatic N) is 4. The predicted octanol–water partition coefficient (Wildman–Crippen LogP) is 2.60. The molecule has 0 aliphatic rings. The summed E-state index contributed by atoms with van der Waals surface area (Å²) in [5.74, 6) is -5.33. The summed E-state index contributed by atoms with van der Waals surface area (Å²) in [4.78, 5) is 0. The number of halogens is 6. The van der Waals surface area contributed by atoms with Gasteiger partial charge in [-0.15, -0.1) is 0 Å². The molecule has 2 N–H and O–H groups in total. The van der Waals surface area contributed by atoms with E-state index in [1.54, 1.807) is 0 Å². The molecule has 0 fully saturated rings. The van der Waals surface area contributed by atoms with Crippen molar-refractivity contribution in [1.82, 2.24) is 19.6 Å². The van der Waals surface area contributed by atoms with Crippen LogP contribution in [0, 0.1) is 0 Å². The normalized spacial score (nSPS) is 12.9. The van der Waals surface area contributed by atoms with E-state index >= 15 is 0 Å². The maximum absolute atomic E-state index is 13.3. The zero-order valence-corrected chi connectivity index (χ0v) is 11.4. The molecular weight excluding hydrogens is 353 g/mol. The highest BCUT2D eigenvalue weighted by Gasteiger charge is 2.61. The largest absolute Gasteiger partial charge is 0.459 e. The fourth-order valence-corrected chi connectivity index (χ4v) is 1.87. The molecule has 2 heterocycles. The van der Waals surface area contributed by atoms with Gasteiger partial charge in [-0.1, -0.05) is 0 Å². The van der Waals surface area contributed by atoms with Crippen LogP contribution in [0.2, 0.25) is 0 Å². The second kappa shape index (κ2) is 4.43. The van der Waals surface area contributed by atoms with Crippen LogP contribution in [0.3, 0.4) is 0 Å². The summed E-state index contributed by atoms with van der Waals surface area (Å²) in [5, 5.41) is 6.95. The van der Waals surface area contributed by atoms with Crippen LogP contribution in [-0.4, -0.2) is 25.7 Å². The topological polar surface area (TPSA) is 61.7 Å². The number of alkyl halides is 5. The second-order valence-corrected chi connectivity index (χ2v) is 4.80. The Labute approximate surface area is 117 Å². The van der Waals surface area contributed by atoms with Gasteiger partial charge < -0.3 is 5.73 Å². The number of anilines is 1. The molecule has 0 aliphatic carbocycles. The van der Waals surface area contributed by atoms with Crippen molar-refractivity contribution in [3.63, 3.8) is 0 Å². The second-order valence-electron chi connectivity index (χ2n) is 3.88. The third-order valence-electron chi connectivity index (χ3n) is 2.47. The van der Waals surface area contributed by atoms with Crippen LogP contribution < -0.4 is 5.73 Å². The first-order chi connectivity index (χ1) is 9.05. The number of hydrogen-bond acceptors (Lipinski definition) is 3. The van der Waals surface area contributed by atoms with E-state index in [2.05, 4.69) is 26.1 Å². The van der Waals surface area contributed by atoms with E-state index in [0.717, 1.165) is 9.36 Å². The molecule has 2 aromatic heterocycles. The molecule has 2 rings (SSSR count). The summed E-state index contributed by atoms with van der Waals surface area (Å²) >= 11 is 3.07. The molecular formula is C9H7BrF5N5. The molecule has 0 spiro atoms. The Morgan fingerprint density at radius 1 is 1.25 bits per heavy atom. The molecule has 0 aliphatic heterocycles. The number of rotatable bonds is 2. The van der Waals surface area contributed by atoms with Crippen molar-refractivity contribution in [2.75, 3.05) is 5.73 Å². The Kier molecular flexibility index (Phi) is 3.27. The van der Waals surface area contributed by atoms with Gasteiger partial charge in [-0.05, 0) is 15.9 Å². The first-order valence-corrected chi connectivity index (χ1v) is 5.83. The van der Waals surface area contributed by atoms with Gasteiger partial charge in [-0.2, -0.15) is 32.1 Å². The quantitative estimate of drug-likeness (QED) is 0.838. The highest BCUT2D eigenvalue weighted by molar-refractivity contribution is 9.10. The maximum Gasteiger partial charge on any atom is 0.459 e. The van der Waals surface area contributed by atoms with Gasteiger partial charge in [0.25, 0.3) is 0 Å². The van der Waals surface area contributed by atoms with Crippen LogP contribution in [0.25, 0.3) is 5.82 Å². The van der Waals surface area contributed by atoms with Gasteiger partial charge >= 0.3 is 12.1 Å². The van der Waals surface area contributed by atoms with Crippen LogP contribution in [0.15, 0.2) is 16.9 Å². The highest BCUT2D eigenvalue weighted by atomic mass is 79.9. The van der Waals surface area contributed by atoms with Crippen LogP contribution in [0.4, 0.5) is 27.6 Å². The lowest BCUT2D eigenvalue weighted by Crippen LogP contribution is -2.34. The van der Waals surface area contributed by atoms with Crippen molar-refractivity contribution in [3.8, 4) is 5.82 Å². The molecule has 0 saturated heterocycles. The van der Waals surface area contributed by atoms with Gasteiger partial charge in [0.15, 0.2) is 11.5 Å². The standard InChI is InChI=1S/C9H7BrF5N5/c1-19-7(20-3-4(10)2-17-20)5(16)6(18-19)8(11,12)9(13,14)15/h2-3H,16H2,1H3. The van der Waals surface area contributed by atoms with Gasteiger partial charge in [0.1, 0.15) is 5.69 Å². The SMILES string of the molecule is Cn1nc(C(F)(F)C(F)(F)F)c(N)c1-n1cc(Br)cn1. The van der Waals surface area contributed by atoms with Crippen molar-refractivity contribution < 1.29 is 22.0 Å². The fraction of sp³-hybridized carbons (Fsp3) is 0.333. The maximum atomic E-state index is 13.3. The average molecular weight is 360 g/mol. The number of aromatic nitrogens is 4. The number of hydrogen-bond donors (Lipinski definition) is 1. The van der Waals surface area contributed by atoms with E-state index in [1.807, 2.05) is 0 Å². The third-order valence-corrected chi connectivity index (χ3v) is 2.88. The lowest BCUT2D eigenvalue weighted by molar-refractivity contribution is -0.290. The summed E-state index contributed by atoms with van der Waals surface area (Å²) in [6.07, 6.45) is -3.10. The summed E-state index contributed by atoms with van der Waals surface area (Å²) in [6, 6.07) is 0. The van der Waals surface area contributed by atoms with E-state index in [0.29, 0.717) is 4.47 Å². The highest BCUT2D eigenvalue weighted by Crippen LogP contribution is 2.46. The minimum absolute atomic E-state index is 0.186. The van der Waals surface area contributed by atoms with E-state index in [4.69, 9.17) is 5.73 Å². The van der Waals surface area contributed by atoms with E-state index in [9.17, 15) is 22.0 Å². The van der Waals surface area contributed by atoms with Crippen LogP contribution in [-0.2, 0) is 13.0 Å². The zero-order chi connectivity index (χ0) is 15.3. The molecule has 0 bridgehead atoms. The third kappa shape index (κ3) is 2.15. The molecule has 20 heavy (non-hydrogen) atoms. The summed E-state index contributed by atoms with van der Waals surface area (Å²) in [5.41, 5.74) is 3.06. The molecule has 0 saturated carbocycles. The smallest absolute Gasteiger partial charge is 0.394 e. The van der Waals surface area contributed by atoms with Crippen molar-refractivity contribution in [1.29, 1.82) is 0 Å². The average Bonchev–Trinajstić information content (AvgIpc) is 2.82. The Bertz CT molecular complexity index is 644. The van der Waals surface area contributed by atoms with E-state index in [1.165, 1.54) is 19.4 Å². The molecule has 110 valence electrons. The van der Waals surface area contributed by atoms with Crippen molar-refractivity contribution in [2.45, 2.75) is 12.1 Å². The predicted molar refractivity (Wildman–Crippen MR) is 62.4 cm³/mol. The van der Waals surface area contributed by atoms with Gasteiger partial charge in [-0.25, -0.2) is 9.36 Å².